The lowest BCUT2D eigenvalue weighted by Gasteiger charge is -2.34. The first-order valence-electron chi connectivity index (χ1n) is 10.8. The van der Waals surface area contributed by atoms with Crippen molar-refractivity contribution < 1.29 is 4.52 Å². The molecule has 1 aromatic carbocycles. The fraction of sp³-hybridized carbons (Fsp3) is 0.391. The molecule has 32 heavy (non-hydrogen) atoms. The van der Waals surface area contributed by atoms with Crippen LogP contribution in [0.4, 0.5) is 0 Å². The van der Waals surface area contributed by atoms with Gasteiger partial charge in [-0.25, -0.2) is 0 Å². The molecule has 4 rings (SSSR count). The summed E-state index contributed by atoms with van der Waals surface area (Å²) in [6.45, 7) is 3.80. The third-order valence-electron chi connectivity index (χ3n) is 5.31. The molecule has 8 nitrogen and oxygen atoms in total. The molecular formula is C23H30IN7O. The van der Waals surface area contributed by atoms with Crippen molar-refractivity contribution in [2.75, 3.05) is 26.7 Å². The molecular weight excluding hydrogens is 517 g/mol. The van der Waals surface area contributed by atoms with Crippen molar-refractivity contribution in [3.63, 3.8) is 0 Å². The number of nitrogens with one attached hydrogen (secondary N) is 2. The quantitative estimate of drug-likeness (QED) is 0.267. The van der Waals surface area contributed by atoms with E-state index in [4.69, 9.17) is 4.52 Å². The Labute approximate surface area is 205 Å². The molecule has 170 valence electrons. The van der Waals surface area contributed by atoms with Gasteiger partial charge in [-0.1, -0.05) is 41.6 Å². The lowest BCUT2D eigenvalue weighted by Crippen LogP contribution is -2.51. The first kappa shape index (κ1) is 24.1. The molecule has 0 radical (unpaired) electrons. The van der Waals surface area contributed by atoms with Crippen LogP contribution in [0.5, 0.6) is 0 Å². The molecule has 1 fully saturated rings. The summed E-state index contributed by atoms with van der Waals surface area (Å²) in [5.41, 5.74) is 2.04. The number of benzene rings is 1. The monoisotopic (exact) mass is 547 g/mol. The van der Waals surface area contributed by atoms with Gasteiger partial charge in [0.25, 0.3) is 5.89 Å². The molecule has 0 bridgehead atoms. The van der Waals surface area contributed by atoms with Gasteiger partial charge >= 0.3 is 0 Å². The maximum atomic E-state index is 5.31. The summed E-state index contributed by atoms with van der Waals surface area (Å²) in [7, 11) is 1.80. The Hall–Kier alpha value is -2.53. The van der Waals surface area contributed by atoms with Gasteiger partial charge in [-0.3, -0.25) is 14.9 Å². The molecule has 9 heteroatoms. The van der Waals surface area contributed by atoms with E-state index in [0.29, 0.717) is 36.4 Å². The van der Waals surface area contributed by atoms with Gasteiger partial charge < -0.3 is 15.2 Å². The Morgan fingerprint density at radius 3 is 2.81 bits per heavy atom. The number of hydrogen-bond donors (Lipinski definition) is 2. The van der Waals surface area contributed by atoms with E-state index < -0.39 is 0 Å². The zero-order valence-electron chi connectivity index (χ0n) is 18.3. The summed E-state index contributed by atoms with van der Waals surface area (Å²) >= 11 is 0. The van der Waals surface area contributed by atoms with Gasteiger partial charge in [-0.15, -0.1) is 24.0 Å². The number of aromatic nitrogens is 3. The highest BCUT2D eigenvalue weighted by molar-refractivity contribution is 14.0. The van der Waals surface area contributed by atoms with Crippen molar-refractivity contribution in [1.29, 1.82) is 0 Å². The van der Waals surface area contributed by atoms with Crippen LogP contribution in [0.2, 0.25) is 0 Å². The molecule has 3 aromatic rings. The minimum atomic E-state index is 0. The summed E-state index contributed by atoms with van der Waals surface area (Å²) in [6.07, 6.45) is 4.68. The van der Waals surface area contributed by atoms with Crippen molar-refractivity contribution >= 4 is 29.9 Å². The minimum Gasteiger partial charge on any atom is -0.356 e. The average Bonchev–Trinajstić information content (AvgIpc) is 3.29. The van der Waals surface area contributed by atoms with Crippen LogP contribution in [0.25, 0.3) is 11.6 Å². The summed E-state index contributed by atoms with van der Waals surface area (Å²) < 4.78 is 5.31. The summed E-state index contributed by atoms with van der Waals surface area (Å²) in [5.74, 6) is 1.90. The van der Waals surface area contributed by atoms with Gasteiger partial charge in [0.2, 0.25) is 0 Å². The maximum Gasteiger partial charge on any atom is 0.276 e. The van der Waals surface area contributed by atoms with E-state index in [9.17, 15) is 0 Å². The molecule has 3 heterocycles. The highest BCUT2D eigenvalue weighted by Crippen LogP contribution is 2.14. The number of nitrogens with zero attached hydrogens (tertiary/aromatic N) is 5. The van der Waals surface area contributed by atoms with E-state index in [0.717, 1.165) is 32.0 Å². The second kappa shape index (κ2) is 12.5. The Bertz CT molecular complexity index is 965. The van der Waals surface area contributed by atoms with Crippen LogP contribution in [0, 0.1) is 0 Å². The number of likely N-dealkylation sites (tertiary alicyclic amines) is 1. The number of pyridine rings is 1. The van der Waals surface area contributed by atoms with E-state index in [1.807, 2.05) is 18.2 Å². The minimum absolute atomic E-state index is 0. The van der Waals surface area contributed by atoms with E-state index in [-0.39, 0.29) is 24.0 Å². The fourth-order valence-electron chi connectivity index (χ4n) is 3.79. The normalized spacial score (nSPS) is 16.9. The number of halogens is 1. The van der Waals surface area contributed by atoms with E-state index in [2.05, 4.69) is 66.0 Å². The van der Waals surface area contributed by atoms with Gasteiger partial charge in [-0.05, 0) is 37.1 Å². The van der Waals surface area contributed by atoms with Crippen LogP contribution >= 0.6 is 24.0 Å². The molecule has 1 saturated heterocycles. The molecule has 0 saturated carbocycles. The molecule has 1 atom stereocenters. The second-order valence-electron chi connectivity index (χ2n) is 7.68. The zero-order valence-corrected chi connectivity index (χ0v) is 20.6. The van der Waals surface area contributed by atoms with Crippen molar-refractivity contribution in [2.45, 2.75) is 31.8 Å². The van der Waals surface area contributed by atoms with Crippen molar-refractivity contribution in [2.24, 2.45) is 4.99 Å². The smallest absolute Gasteiger partial charge is 0.276 e. The highest BCUT2D eigenvalue weighted by atomic mass is 127. The average molecular weight is 547 g/mol. The lowest BCUT2D eigenvalue weighted by molar-refractivity contribution is 0.192. The fourth-order valence-corrected chi connectivity index (χ4v) is 3.79. The number of hydrogen-bond acceptors (Lipinski definition) is 6. The van der Waals surface area contributed by atoms with Gasteiger partial charge in [0.05, 0.1) is 0 Å². The molecule has 0 aliphatic carbocycles. The number of piperidine rings is 1. The zero-order chi connectivity index (χ0) is 21.3. The first-order chi connectivity index (χ1) is 15.3. The van der Waals surface area contributed by atoms with Gasteiger partial charge in [-0.2, -0.15) is 4.98 Å². The molecule has 2 N–H and O–H groups in total. The molecule has 0 amide bonds. The second-order valence-corrected chi connectivity index (χ2v) is 7.68. The van der Waals surface area contributed by atoms with Gasteiger partial charge in [0, 0.05) is 45.3 Å². The largest absolute Gasteiger partial charge is 0.356 e. The van der Waals surface area contributed by atoms with Crippen LogP contribution in [-0.4, -0.2) is 58.7 Å². The predicted molar refractivity (Wildman–Crippen MR) is 136 cm³/mol. The van der Waals surface area contributed by atoms with Crippen molar-refractivity contribution in [3.05, 3.63) is 66.1 Å². The molecule has 1 aliphatic heterocycles. The Morgan fingerprint density at radius 2 is 2.03 bits per heavy atom. The summed E-state index contributed by atoms with van der Waals surface area (Å²) in [4.78, 5) is 15.5. The highest BCUT2D eigenvalue weighted by Gasteiger charge is 2.20. The van der Waals surface area contributed by atoms with Crippen LogP contribution in [0.1, 0.15) is 24.2 Å². The maximum absolute atomic E-state index is 5.31. The van der Waals surface area contributed by atoms with Crippen LogP contribution in [-0.2, 0) is 13.0 Å². The van der Waals surface area contributed by atoms with E-state index >= 15 is 0 Å². The molecule has 1 unspecified atom stereocenters. The van der Waals surface area contributed by atoms with E-state index in [1.54, 1.807) is 13.2 Å². The Morgan fingerprint density at radius 1 is 1.19 bits per heavy atom. The molecule has 0 spiro atoms. The summed E-state index contributed by atoms with van der Waals surface area (Å²) in [5, 5.41) is 11.0. The molecule has 2 aromatic heterocycles. The van der Waals surface area contributed by atoms with Crippen LogP contribution in [0.15, 0.2) is 64.2 Å². The van der Waals surface area contributed by atoms with E-state index in [1.165, 1.54) is 12.0 Å². The lowest BCUT2D eigenvalue weighted by atomic mass is 10.0. The van der Waals surface area contributed by atoms with Gasteiger partial charge in [0.1, 0.15) is 5.69 Å². The predicted octanol–water partition coefficient (Wildman–Crippen LogP) is 3.12. The first-order valence-corrected chi connectivity index (χ1v) is 10.8. The summed E-state index contributed by atoms with van der Waals surface area (Å²) in [6, 6.07) is 16.6. The van der Waals surface area contributed by atoms with Gasteiger partial charge in [0.15, 0.2) is 11.8 Å². The van der Waals surface area contributed by atoms with Crippen LogP contribution < -0.4 is 10.6 Å². The SMILES string of the molecule is CN=C(NCCc1noc(-c2ccccn2)n1)NC1CCCN(Cc2ccccc2)C1.I. The third kappa shape index (κ3) is 6.99. The topological polar surface area (TPSA) is 91.5 Å². The number of guanidine groups is 1. The number of rotatable bonds is 7. The van der Waals surface area contributed by atoms with Crippen molar-refractivity contribution in [3.8, 4) is 11.6 Å². The third-order valence-corrected chi connectivity index (χ3v) is 5.31. The Kier molecular flexibility index (Phi) is 9.42. The standard InChI is InChI=1S/C23H29N7O.HI/c1-24-23(26-14-12-21-28-22(31-29-21)20-11-5-6-13-25-20)27-19-10-7-15-30(17-19)16-18-8-3-2-4-9-18;/h2-6,8-9,11,13,19H,7,10,12,14-17H2,1H3,(H2,24,26,27);1H. The van der Waals surface area contributed by atoms with Crippen molar-refractivity contribution in [1.82, 2.24) is 30.7 Å². The molecule has 1 aliphatic rings. The van der Waals surface area contributed by atoms with Crippen LogP contribution in [0.3, 0.4) is 0 Å². The Balaban J connectivity index is 0.00000289. The number of aliphatic imine (C=N–C) groups is 1.